The molecule has 0 fully saturated rings. The molecular formula is C10H13FN2. The van der Waals surface area contributed by atoms with E-state index in [9.17, 15) is 4.39 Å². The van der Waals surface area contributed by atoms with Crippen molar-refractivity contribution < 1.29 is 4.39 Å². The Hall–Kier alpha value is -1.38. The number of benzene rings is 1. The average Bonchev–Trinajstić information content (AvgIpc) is 2.09. The maximum absolute atomic E-state index is 12.8. The van der Waals surface area contributed by atoms with Gasteiger partial charge in [-0.2, -0.15) is 0 Å². The van der Waals surface area contributed by atoms with E-state index in [1.807, 2.05) is 13.8 Å². The predicted octanol–water partition coefficient (Wildman–Crippen LogP) is 1.86. The Balaban J connectivity index is 3.13. The van der Waals surface area contributed by atoms with Gasteiger partial charge in [0.15, 0.2) is 0 Å². The van der Waals surface area contributed by atoms with Crippen LogP contribution in [0, 0.1) is 12.7 Å². The number of hydrogen-bond acceptors (Lipinski definition) is 1. The zero-order valence-electron chi connectivity index (χ0n) is 7.84. The number of rotatable bonds is 2. The van der Waals surface area contributed by atoms with Crippen molar-refractivity contribution >= 4 is 5.84 Å². The molecule has 0 saturated heterocycles. The SMILES string of the molecule is CCN=C(N)c1cc(F)ccc1C. The number of amidine groups is 1. The first-order valence-electron chi connectivity index (χ1n) is 4.21. The van der Waals surface area contributed by atoms with Gasteiger partial charge in [0.1, 0.15) is 11.7 Å². The van der Waals surface area contributed by atoms with E-state index < -0.39 is 0 Å². The highest BCUT2D eigenvalue weighted by Gasteiger charge is 2.03. The molecule has 70 valence electrons. The molecule has 1 aromatic rings. The zero-order chi connectivity index (χ0) is 9.84. The fourth-order valence-corrected chi connectivity index (χ4v) is 1.13. The number of nitrogens with zero attached hydrogens (tertiary/aromatic N) is 1. The Labute approximate surface area is 77.3 Å². The molecule has 0 spiro atoms. The van der Waals surface area contributed by atoms with Gasteiger partial charge in [-0.3, -0.25) is 4.99 Å². The van der Waals surface area contributed by atoms with Gasteiger partial charge in [0.25, 0.3) is 0 Å². The Morgan fingerprint density at radius 2 is 2.23 bits per heavy atom. The van der Waals surface area contributed by atoms with Crippen molar-refractivity contribution in [2.75, 3.05) is 6.54 Å². The van der Waals surface area contributed by atoms with Crippen LogP contribution in [0.1, 0.15) is 18.1 Å². The summed E-state index contributed by atoms with van der Waals surface area (Å²) in [5.41, 5.74) is 7.28. The van der Waals surface area contributed by atoms with Crippen LogP contribution >= 0.6 is 0 Å². The first kappa shape index (κ1) is 9.71. The fraction of sp³-hybridized carbons (Fsp3) is 0.300. The smallest absolute Gasteiger partial charge is 0.125 e. The molecule has 0 radical (unpaired) electrons. The Morgan fingerprint density at radius 3 is 2.85 bits per heavy atom. The van der Waals surface area contributed by atoms with E-state index in [0.717, 1.165) is 5.56 Å². The first-order valence-corrected chi connectivity index (χ1v) is 4.21. The maximum Gasteiger partial charge on any atom is 0.125 e. The predicted molar refractivity (Wildman–Crippen MR) is 52.4 cm³/mol. The van der Waals surface area contributed by atoms with Crippen LogP contribution in [0.3, 0.4) is 0 Å². The number of nitrogens with two attached hydrogens (primary N) is 1. The summed E-state index contributed by atoms with van der Waals surface area (Å²) < 4.78 is 12.8. The van der Waals surface area contributed by atoms with Crippen molar-refractivity contribution in [3.63, 3.8) is 0 Å². The molecule has 2 nitrogen and oxygen atoms in total. The van der Waals surface area contributed by atoms with Crippen molar-refractivity contribution in [1.82, 2.24) is 0 Å². The van der Waals surface area contributed by atoms with E-state index in [0.29, 0.717) is 17.9 Å². The summed E-state index contributed by atoms with van der Waals surface area (Å²) >= 11 is 0. The topological polar surface area (TPSA) is 38.4 Å². The molecule has 0 bridgehead atoms. The van der Waals surface area contributed by atoms with E-state index in [1.165, 1.54) is 12.1 Å². The van der Waals surface area contributed by atoms with Gasteiger partial charge in [-0.05, 0) is 31.5 Å². The van der Waals surface area contributed by atoms with Gasteiger partial charge in [0.05, 0.1) is 0 Å². The second-order valence-corrected chi connectivity index (χ2v) is 2.82. The molecule has 0 unspecified atom stereocenters. The van der Waals surface area contributed by atoms with Crippen LogP contribution in [-0.4, -0.2) is 12.4 Å². The van der Waals surface area contributed by atoms with E-state index in [1.54, 1.807) is 6.07 Å². The second-order valence-electron chi connectivity index (χ2n) is 2.82. The first-order chi connectivity index (χ1) is 6.15. The molecule has 13 heavy (non-hydrogen) atoms. The van der Waals surface area contributed by atoms with Crippen molar-refractivity contribution in [1.29, 1.82) is 0 Å². The van der Waals surface area contributed by atoms with Crippen LogP contribution in [0.2, 0.25) is 0 Å². The summed E-state index contributed by atoms with van der Waals surface area (Å²) in [5, 5.41) is 0. The lowest BCUT2D eigenvalue weighted by Gasteiger charge is -2.04. The third-order valence-corrected chi connectivity index (χ3v) is 1.80. The zero-order valence-corrected chi connectivity index (χ0v) is 7.84. The average molecular weight is 180 g/mol. The van der Waals surface area contributed by atoms with Crippen LogP contribution in [-0.2, 0) is 0 Å². The number of aliphatic imine (C=N–C) groups is 1. The molecular weight excluding hydrogens is 167 g/mol. The van der Waals surface area contributed by atoms with Gasteiger partial charge in [0, 0.05) is 12.1 Å². The molecule has 1 rings (SSSR count). The van der Waals surface area contributed by atoms with Gasteiger partial charge in [0.2, 0.25) is 0 Å². The van der Waals surface area contributed by atoms with Crippen LogP contribution < -0.4 is 5.73 Å². The van der Waals surface area contributed by atoms with E-state index in [-0.39, 0.29) is 5.82 Å². The molecule has 0 aliphatic carbocycles. The van der Waals surface area contributed by atoms with Gasteiger partial charge < -0.3 is 5.73 Å². The van der Waals surface area contributed by atoms with Crippen molar-refractivity contribution in [2.24, 2.45) is 10.7 Å². The largest absolute Gasteiger partial charge is 0.383 e. The number of halogens is 1. The van der Waals surface area contributed by atoms with Gasteiger partial charge in [-0.15, -0.1) is 0 Å². The molecule has 3 heteroatoms. The summed E-state index contributed by atoms with van der Waals surface area (Å²) in [6, 6.07) is 4.52. The lowest BCUT2D eigenvalue weighted by Crippen LogP contribution is -2.15. The monoisotopic (exact) mass is 180 g/mol. The van der Waals surface area contributed by atoms with Crippen molar-refractivity contribution in [3.8, 4) is 0 Å². The fourth-order valence-electron chi connectivity index (χ4n) is 1.13. The third kappa shape index (κ3) is 2.28. The maximum atomic E-state index is 12.8. The van der Waals surface area contributed by atoms with Crippen molar-refractivity contribution in [3.05, 3.63) is 35.1 Å². The molecule has 2 N–H and O–H groups in total. The molecule has 0 atom stereocenters. The van der Waals surface area contributed by atoms with Gasteiger partial charge in [-0.1, -0.05) is 6.07 Å². The molecule has 0 aromatic heterocycles. The summed E-state index contributed by atoms with van der Waals surface area (Å²) in [4.78, 5) is 4.02. The minimum absolute atomic E-state index is 0.283. The summed E-state index contributed by atoms with van der Waals surface area (Å²) in [6.07, 6.45) is 0. The van der Waals surface area contributed by atoms with Crippen LogP contribution in [0.25, 0.3) is 0 Å². The number of aryl methyl sites for hydroxylation is 1. The normalized spacial score (nSPS) is 11.8. The van der Waals surface area contributed by atoms with Crippen molar-refractivity contribution in [2.45, 2.75) is 13.8 Å². The lowest BCUT2D eigenvalue weighted by atomic mass is 10.1. The summed E-state index contributed by atoms with van der Waals surface area (Å²) in [6.45, 7) is 4.39. The molecule has 0 aliphatic heterocycles. The van der Waals surface area contributed by atoms with Crippen LogP contribution in [0.15, 0.2) is 23.2 Å². The lowest BCUT2D eigenvalue weighted by molar-refractivity contribution is 0.627. The van der Waals surface area contributed by atoms with E-state index in [4.69, 9.17) is 5.73 Å². The molecule has 0 saturated carbocycles. The second kappa shape index (κ2) is 4.03. The van der Waals surface area contributed by atoms with E-state index in [2.05, 4.69) is 4.99 Å². The highest BCUT2D eigenvalue weighted by Crippen LogP contribution is 2.09. The quantitative estimate of drug-likeness (QED) is 0.547. The van der Waals surface area contributed by atoms with Gasteiger partial charge in [-0.25, -0.2) is 4.39 Å². The van der Waals surface area contributed by atoms with E-state index >= 15 is 0 Å². The minimum atomic E-state index is -0.283. The highest BCUT2D eigenvalue weighted by molar-refractivity contribution is 5.98. The highest BCUT2D eigenvalue weighted by atomic mass is 19.1. The standard InChI is InChI=1S/C10H13FN2/c1-3-13-10(12)9-6-8(11)5-4-7(9)2/h4-6H,3H2,1-2H3,(H2,12,13). The molecule has 0 aliphatic rings. The molecule has 1 aromatic carbocycles. The Bertz CT molecular complexity index is 332. The third-order valence-electron chi connectivity index (χ3n) is 1.80. The van der Waals surface area contributed by atoms with Gasteiger partial charge >= 0.3 is 0 Å². The molecule has 0 heterocycles. The Morgan fingerprint density at radius 1 is 1.54 bits per heavy atom. The minimum Gasteiger partial charge on any atom is -0.383 e. The van der Waals surface area contributed by atoms with Crippen LogP contribution in [0.5, 0.6) is 0 Å². The van der Waals surface area contributed by atoms with Crippen LogP contribution in [0.4, 0.5) is 4.39 Å². The Kier molecular flexibility index (Phi) is 3.01. The molecule has 0 amide bonds. The summed E-state index contributed by atoms with van der Waals surface area (Å²) in [7, 11) is 0. The summed E-state index contributed by atoms with van der Waals surface area (Å²) in [5.74, 6) is 0.120. The number of hydrogen-bond donors (Lipinski definition) is 1.